The molecule has 5 heteroatoms. The predicted octanol–water partition coefficient (Wildman–Crippen LogP) is 2.95. The summed E-state index contributed by atoms with van der Waals surface area (Å²) in [4.78, 5) is 10.9. The van der Waals surface area contributed by atoms with Crippen molar-refractivity contribution in [3.63, 3.8) is 0 Å². The highest BCUT2D eigenvalue weighted by atomic mass is 127. The molecule has 2 N–H and O–H groups in total. The monoisotopic (exact) mass is 348 g/mol. The fourth-order valence-electron chi connectivity index (χ4n) is 1.19. The van der Waals surface area contributed by atoms with E-state index in [0.29, 0.717) is 19.1 Å². The molecule has 1 aromatic rings. The van der Waals surface area contributed by atoms with Gasteiger partial charge in [-0.1, -0.05) is 26.0 Å². The van der Waals surface area contributed by atoms with Crippen molar-refractivity contribution >= 4 is 28.9 Å². The van der Waals surface area contributed by atoms with E-state index in [2.05, 4.69) is 13.8 Å². The number of ether oxygens (including phenoxy) is 1. The van der Waals surface area contributed by atoms with Crippen molar-refractivity contribution in [2.24, 2.45) is 11.7 Å². The molecule has 0 unspecified atom stereocenters. The van der Waals surface area contributed by atoms with Crippen LogP contribution >= 0.6 is 22.9 Å². The first-order valence-corrected chi connectivity index (χ1v) is 6.40. The fourth-order valence-corrected chi connectivity index (χ4v) is 1.59. The van der Waals surface area contributed by atoms with Crippen molar-refractivity contribution in [1.82, 2.24) is 3.11 Å². The summed E-state index contributed by atoms with van der Waals surface area (Å²) >= 11 is 1.90. The molecule has 0 aromatic heterocycles. The van der Waals surface area contributed by atoms with Crippen LogP contribution in [-0.2, 0) is 6.54 Å². The van der Waals surface area contributed by atoms with Gasteiger partial charge in [0.2, 0.25) is 0 Å². The highest BCUT2D eigenvalue weighted by Gasteiger charge is 2.06. The summed E-state index contributed by atoms with van der Waals surface area (Å²) in [6.07, 6.45) is 0. The molecule has 0 spiro atoms. The summed E-state index contributed by atoms with van der Waals surface area (Å²) in [6, 6.07) is 7.24. The normalized spacial score (nSPS) is 10.4. The zero-order valence-corrected chi connectivity index (χ0v) is 12.2. The SMILES string of the molecule is CC(C)COc1ccc(CN(I)C(N)=O)cc1. The highest BCUT2D eigenvalue weighted by Crippen LogP contribution is 2.15. The number of halogens is 1. The first-order chi connectivity index (χ1) is 7.99. The van der Waals surface area contributed by atoms with E-state index in [1.165, 1.54) is 3.11 Å². The molecular weight excluding hydrogens is 331 g/mol. The summed E-state index contributed by atoms with van der Waals surface area (Å²) in [5.41, 5.74) is 6.17. The van der Waals surface area contributed by atoms with Crippen molar-refractivity contribution < 1.29 is 9.53 Å². The Morgan fingerprint density at radius 2 is 2.00 bits per heavy atom. The first-order valence-electron chi connectivity index (χ1n) is 5.43. The van der Waals surface area contributed by atoms with Crippen LogP contribution in [-0.4, -0.2) is 15.8 Å². The zero-order chi connectivity index (χ0) is 12.8. The summed E-state index contributed by atoms with van der Waals surface area (Å²) in [6.45, 7) is 5.42. The van der Waals surface area contributed by atoms with Crippen LogP contribution in [0.25, 0.3) is 0 Å². The topological polar surface area (TPSA) is 55.6 Å². The van der Waals surface area contributed by atoms with E-state index in [1.54, 1.807) is 0 Å². The molecule has 0 fully saturated rings. The average Bonchev–Trinajstić information content (AvgIpc) is 2.28. The molecule has 0 radical (unpaired) electrons. The number of benzene rings is 1. The minimum atomic E-state index is -0.439. The first kappa shape index (κ1) is 14.1. The number of urea groups is 1. The Kier molecular flexibility index (Phi) is 5.54. The lowest BCUT2D eigenvalue weighted by molar-refractivity contribution is 0.237. The highest BCUT2D eigenvalue weighted by molar-refractivity contribution is 14.1. The quantitative estimate of drug-likeness (QED) is 0.657. The number of nitrogens with two attached hydrogens (primary N) is 1. The van der Waals surface area contributed by atoms with Crippen LogP contribution in [0.5, 0.6) is 5.75 Å². The van der Waals surface area contributed by atoms with E-state index in [0.717, 1.165) is 11.3 Å². The van der Waals surface area contributed by atoms with E-state index in [1.807, 2.05) is 47.1 Å². The number of amides is 2. The van der Waals surface area contributed by atoms with Gasteiger partial charge in [-0.25, -0.2) is 4.79 Å². The minimum absolute atomic E-state index is 0.439. The van der Waals surface area contributed by atoms with E-state index in [9.17, 15) is 4.79 Å². The number of carbonyl (C=O) groups excluding carboxylic acids is 1. The molecule has 0 saturated carbocycles. The van der Waals surface area contributed by atoms with Gasteiger partial charge in [0.1, 0.15) is 5.75 Å². The van der Waals surface area contributed by atoms with Crippen molar-refractivity contribution in [3.8, 4) is 5.75 Å². The van der Waals surface area contributed by atoms with Gasteiger partial charge in [0, 0.05) is 0 Å². The molecule has 0 heterocycles. The van der Waals surface area contributed by atoms with Gasteiger partial charge in [-0.05, 0) is 23.6 Å². The Labute approximate surface area is 116 Å². The number of hydrogen-bond donors (Lipinski definition) is 1. The molecule has 94 valence electrons. The third-order valence-corrected chi connectivity index (χ3v) is 2.88. The lowest BCUT2D eigenvalue weighted by atomic mass is 10.2. The molecule has 0 saturated heterocycles. The van der Waals surface area contributed by atoms with E-state index in [-0.39, 0.29) is 0 Å². The second kappa shape index (κ2) is 6.68. The maximum atomic E-state index is 10.9. The van der Waals surface area contributed by atoms with E-state index < -0.39 is 6.03 Å². The van der Waals surface area contributed by atoms with Crippen LogP contribution in [0, 0.1) is 5.92 Å². The zero-order valence-electron chi connectivity index (χ0n) is 10.0. The molecule has 0 aliphatic heterocycles. The number of carbonyl (C=O) groups is 1. The van der Waals surface area contributed by atoms with Gasteiger partial charge in [-0.3, -0.25) is 3.11 Å². The van der Waals surface area contributed by atoms with Gasteiger partial charge in [0.25, 0.3) is 0 Å². The number of hydrogen-bond acceptors (Lipinski definition) is 2. The molecule has 4 nitrogen and oxygen atoms in total. The Morgan fingerprint density at radius 3 is 2.47 bits per heavy atom. The van der Waals surface area contributed by atoms with Gasteiger partial charge in [0.15, 0.2) is 0 Å². The number of primary amides is 1. The maximum Gasteiger partial charge on any atom is 0.323 e. The third-order valence-electron chi connectivity index (χ3n) is 2.07. The molecular formula is C12H17IN2O2. The lowest BCUT2D eigenvalue weighted by Crippen LogP contribution is -2.26. The van der Waals surface area contributed by atoms with Crippen LogP contribution in [0.1, 0.15) is 19.4 Å². The van der Waals surface area contributed by atoms with Crippen LogP contribution in [0.2, 0.25) is 0 Å². The van der Waals surface area contributed by atoms with Gasteiger partial charge >= 0.3 is 6.03 Å². The maximum absolute atomic E-state index is 10.9. The second-order valence-electron chi connectivity index (χ2n) is 4.21. The van der Waals surface area contributed by atoms with Crippen LogP contribution in [0.3, 0.4) is 0 Å². The predicted molar refractivity (Wildman–Crippen MR) is 75.9 cm³/mol. The third kappa shape index (κ3) is 5.25. The molecule has 1 rings (SSSR count). The number of nitrogens with zero attached hydrogens (tertiary/aromatic N) is 1. The van der Waals surface area contributed by atoms with E-state index >= 15 is 0 Å². The van der Waals surface area contributed by atoms with Crippen molar-refractivity contribution in [1.29, 1.82) is 0 Å². The van der Waals surface area contributed by atoms with E-state index in [4.69, 9.17) is 10.5 Å². The Morgan fingerprint density at radius 1 is 1.41 bits per heavy atom. The number of rotatable bonds is 5. The standard InChI is InChI=1S/C12H17IN2O2/c1-9(2)8-17-11-5-3-10(4-6-11)7-15(13)12(14)16/h3-6,9H,7-8H2,1-2H3,(H2,14,16). The Hall–Kier alpha value is -0.980. The Bertz CT molecular complexity index is 365. The van der Waals surface area contributed by atoms with Crippen molar-refractivity contribution in [2.75, 3.05) is 6.61 Å². The fraction of sp³-hybridized carbons (Fsp3) is 0.417. The van der Waals surface area contributed by atoms with Crippen LogP contribution in [0.15, 0.2) is 24.3 Å². The lowest BCUT2D eigenvalue weighted by Gasteiger charge is -2.12. The molecule has 0 aliphatic rings. The minimum Gasteiger partial charge on any atom is -0.493 e. The molecule has 2 amide bonds. The molecule has 0 bridgehead atoms. The van der Waals surface area contributed by atoms with Crippen molar-refractivity contribution in [2.45, 2.75) is 20.4 Å². The summed E-state index contributed by atoms with van der Waals surface area (Å²) in [7, 11) is 0. The van der Waals surface area contributed by atoms with Gasteiger partial charge in [0.05, 0.1) is 36.0 Å². The van der Waals surface area contributed by atoms with Crippen LogP contribution < -0.4 is 10.5 Å². The van der Waals surface area contributed by atoms with Crippen LogP contribution in [0.4, 0.5) is 4.79 Å². The summed E-state index contributed by atoms with van der Waals surface area (Å²) in [5, 5.41) is 0. The molecule has 1 aromatic carbocycles. The largest absolute Gasteiger partial charge is 0.493 e. The second-order valence-corrected chi connectivity index (χ2v) is 5.37. The molecule has 0 aliphatic carbocycles. The summed E-state index contributed by atoms with van der Waals surface area (Å²) < 4.78 is 7.00. The van der Waals surface area contributed by atoms with Gasteiger partial charge in [-0.15, -0.1) is 0 Å². The molecule has 17 heavy (non-hydrogen) atoms. The van der Waals surface area contributed by atoms with Crippen molar-refractivity contribution in [3.05, 3.63) is 29.8 Å². The van der Waals surface area contributed by atoms with Gasteiger partial charge < -0.3 is 10.5 Å². The smallest absolute Gasteiger partial charge is 0.323 e. The molecule has 0 atom stereocenters. The Balaban J connectivity index is 2.53. The summed E-state index contributed by atoms with van der Waals surface area (Å²) in [5.74, 6) is 1.36. The average molecular weight is 348 g/mol. The van der Waals surface area contributed by atoms with Gasteiger partial charge in [-0.2, -0.15) is 0 Å².